The average Bonchev–Trinajstić information content (AvgIpc) is 2.47. The van der Waals surface area contributed by atoms with Crippen molar-refractivity contribution in [2.24, 2.45) is 10.1 Å². The summed E-state index contributed by atoms with van der Waals surface area (Å²) in [4.78, 5) is 14.5. The molecule has 2 rings (SSSR count). The smallest absolute Gasteiger partial charge is 0.175 e. The van der Waals surface area contributed by atoms with Gasteiger partial charge in [0.1, 0.15) is 7.11 Å². The predicted molar refractivity (Wildman–Crippen MR) is 72.1 cm³/mol. The number of nitrogens with one attached hydrogen (secondary N) is 1. The first kappa shape index (κ1) is 13.5. The summed E-state index contributed by atoms with van der Waals surface area (Å²) in [7, 11) is 3.16. The lowest BCUT2D eigenvalue weighted by Gasteiger charge is -2.17. The molecule has 0 saturated heterocycles. The highest BCUT2D eigenvalue weighted by atomic mass is 16.6. The topological polar surface area (TPSA) is 64.4 Å². The summed E-state index contributed by atoms with van der Waals surface area (Å²) in [5.41, 5.74) is 5.29. The molecule has 0 unspecified atom stereocenters. The first-order chi connectivity index (χ1) is 9.36. The third-order valence-corrected chi connectivity index (χ3v) is 2.61. The minimum absolute atomic E-state index is 0.493. The van der Waals surface area contributed by atoms with Crippen LogP contribution in [0.1, 0.15) is 11.1 Å². The van der Waals surface area contributed by atoms with E-state index >= 15 is 0 Å². The number of rotatable bonds is 5. The molecule has 1 aliphatic rings. The van der Waals surface area contributed by atoms with Gasteiger partial charge in [-0.2, -0.15) is 0 Å². The molecule has 0 radical (unpaired) electrons. The van der Waals surface area contributed by atoms with Crippen molar-refractivity contribution in [1.82, 2.24) is 5.48 Å². The quantitative estimate of drug-likeness (QED) is 0.638. The lowest BCUT2D eigenvalue weighted by atomic mass is 10.0. The molecule has 0 saturated carbocycles. The summed E-state index contributed by atoms with van der Waals surface area (Å²) in [6, 6.07) is 7.82. The Bertz CT molecular complexity index is 486. The van der Waals surface area contributed by atoms with Crippen LogP contribution in [0.15, 0.2) is 34.4 Å². The Labute approximate surface area is 112 Å². The van der Waals surface area contributed by atoms with Gasteiger partial charge in [-0.1, -0.05) is 29.4 Å². The van der Waals surface area contributed by atoms with E-state index < -0.39 is 0 Å². The van der Waals surface area contributed by atoms with E-state index in [1.807, 2.05) is 24.3 Å². The zero-order chi connectivity index (χ0) is 13.5. The maximum absolute atomic E-state index is 5.20. The number of oxime groups is 1. The van der Waals surface area contributed by atoms with E-state index in [1.165, 1.54) is 7.11 Å². The number of hydrogen-bond acceptors (Lipinski definition) is 6. The Morgan fingerprint density at radius 1 is 1.42 bits per heavy atom. The lowest BCUT2D eigenvalue weighted by molar-refractivity contribution is 0.0836. The van der Waals surface area contributed by atoms with E-state index in [1.54, 1.807) is 7.11 Å². The second-order valence-corrected chi connectivity index (χ2v) is 3.89. The minimum Gasteiger partial charge on any atom is -0.399 e. The lowest BCUT2D eigenvalue weighted by Crippen LogP contribution is -2.37. The van der Waals surface area contributed by atoms with Crippen LogP contribution >= 0.6 is 0 Å². The van der Waals surface area contributed by atoms with E-state index in [9.17, 15) is 0 Å². The molecule has 6 nitrogen and oxygen atoms in total. The Morgan fingerprint density at radius 3 is 2.95 bits per heavy atom. The Balaban J connectivity index is 2.39. The van der Waals surface area contributed by atoms with Crippen molar-refractivity contribution in [1.29, 1.82) is 0 Å². The number of hydrogen-bond donors (Lipinski definition) is 1. The van der Waals surface area contributed by atoms with Crippen LogP contribution in [0.25, 0.3) is 0 Å². The number of ether oxygens (including phenoxy) is 1. The molecule has 0 aliphatic carbocycles. The van der Waals surface area contributed by atoms with E-state index in [-0.39, 0.29) is 0 Å². The number of benzene rings is 1. The largest absolute Gasteiger partial charge is 0.399 e. The van der Waals surface area contributed by atoms with Crippen LogP contribution in [-0.4, -0.2) is 38.9 Å². The van der Waals surface area contributed by atoms with Gasteiger partial charge in [0.15, 0.2) is 11.5 Å². The first-order valence-electron chi connectivity index (χ1n) is 5.97. The van der Waals surface area contributed by atoms with Gasteiger partial charge >= 0.3 is 0 Å². The zero-order valence-electron chi connectivity index (χ0n) is 11.0. The van der Waals surface area contributed by atoms with Crippen LogP contribution in [0.2, 0.25) is 0 Å². The third-order valence-electron chi connectivity index (χ3n) is 2.61. The Morgan fingerprint density at radius 2 is 2.26 bits per heavy atom. The van der Waals surface area contributed by atoms with Crippen LogP contribution < -0.4 is 5.48 Å². The van der Waals surface area contributed by atoms with E-state index in [2.05, 4.69) is 15.6 Å². The van der Waals surface area contributed by atoms with Crippen molar-refractivity contribution >= 4 is 11.5 Å². The first-order valence-corrected chi connectivity index (χ1v) is 5.97. The van der Waals surface area contributed by atoms with Crippen molar-refractivity contribution in [2.75, 3.05) is 27.4 Å². The van der Waals surface area contributed by atoms with Gasteiger partial charge in [0.2, 0.25) is 0 Å². The monoisotopic (exact) mass is 263 g/mol. The summed E-state index contributed by atoms with van der Waals surface area (Å²) in [5, 5.41) is 4.05. The van der Waals surface area contributed by atoms with Crippen molar-refractivity contribution in [3.8, 4) is 0 Å². The molecule has 0 bridgehead atoms. The van der Waals surface area contributed by atoms with Gasteiger partial charge in [0.05, 0.1) is 19.8 Å². The summed E-state index contributed by atoms with van der Waals surface area (Å²) in [6.45, 7) is 1.63. The highest BCUT2D eigenvalue weighted by Gasteiger charge is 2.18. The van der Waals surface area contributed by atoms with Gasteiger partial charge in [0.25, 0.3) is 0 Å². The molecule has 1 aliphatic heterocycles. The molecule has 0 atom stereocenters. The van der Waals surface area contributed by atoms with Gasteiger partial charge in [-0.3, -0.25) is 9.83 Å². The predicted octanol–water partition coefficient (Wildman–Crippen LogP) is 1.12. The highest BCUT2D eigenvalue weighted by Crippen LogP contribution is 2.13. The molecule has 0 aromatic heterocycles. The molecule has 0 fully saturated rings. The molecular weight excluding hydrogens is 246 g/mol. The minimum atomic E-state index is 0.493. The SMILES string of the molecule is COCc1ccccc1C(=NOC)C1=NCCON1. The normalized spacial score (nSPS) is 15.7. The molecule has 0 spiro atoms. The zero-order valence-corrected chi connectivity index (χ0v) is 11.0. The van der Waals surface area contributed by atoms with Gasteiger partial charge in [-0.05, 0) is 5.56 Å². The van der Waals surface area contributed by atoms with E-state index in [0.29, 0.717) is 31.3 Å². The molecule has 102 valence electrons. The fraction of sp³-hybridized carbons (Fsp3) is 0.385. The van der Waals surface area contributed by atoms with Crippen molar-refractivity contribution in [2.45, 2.75) is 6.61 Å². The molecule has 1 heterocycles. The highest BCUT2D eigenvalue weighted by molar-refractivity contribution is 6.47. The molecule has 1 N–H and O–H groups in total. The van der Waals surface area contributed by atoms with E-state index in [0.717, 1.165) is 11.1 Å². The summed E-state index contributed by atoms with van der Waals surface area (Å²) >= 11 is 0. The number of amidine groups is 1. The fourth-order valence-corrected chi connectivity index (χ4v) is 1.82. The van der Waals surface area contributed by atoms with Gasteiger partial charge in [-0.25, -0.2) is 5.48 Å². The Hall–Kier alpha value is -1.92. The fourth-order valence-electron chi connectivity index (χ4n) is 1.82. The molecule has 19 heavy (non-hydrogen) atoms. The van der Waals surface area contributed by atoms with Crippen LogP contribution in [0.3, 0.4) is 0 Å². The van der Waals surface area contributed by atoms with Gasteiger partial charge in [0, 0.05) is 12.7 Å². The van der Waals surface area contributed by atoms with Crippen LogP contribution in [-0.2, 0) is 21.0 Å². The van der Waals surface area contributed by atoms with Crippen molar-refractivity contribution < 1.29 is 14.4 Å². The van der Waals surface area contributed by atoms with Crippen molar-refractivity contribution in [3.05, 3.63) is 35.4 Å². The molecule has 1 aromatic rings. The summed E-state index contributed by atoms with van der Waals surface area (Å²) in [6.07, 6.45) is 0. The van der Waals surface area contributed by atoms with Crippen molar-refractivity contribution in [3.63, 3.8) is 0 Å². The molecule has 1 aromatic carbocycles. The maximum atomic E-state index is 5.20. The molecule has 0 amide bonds. The number of aliphatic imine (C=N–C) groups is 1. The third kappa shape index (κ3) is 3.30. The van der Waals surface area contributed by atoms with Gasteiger partial charge < -0.3 is 9.57 Å². The maximum Gasteiger partial charge on any atom is 0.175 e. The number of hydroxylamine groups is 1. The van der Waals surface area contributed by atoms with Crippen LogP contribution in [0.4, 0.5) is 0 Å². The number of nitrogens with zero attached hydrogens (tertiary/aromatic N) is 2. The Kier molecular flexibility index (Phi) is 4.88. The second kappa shape index (κ2) is 6.86. The van der Waals surface area contributed by atoms with Gasteiger partial charge in [-0.15, -0.1) is 0 Å². The summed E-state index contributed by atoms with van der Waals surface area (Å²) < 4.78 is 5.20. The molecular formula is C13H17N3O3. The average molecular weight is 263 g/mol. The standard InChI is InChI=1S/C13H17N3O3/c1-17-9-10-5-3-4-6-11(10)12(15-18-2)13-14-7-8-19-16-13/h3-6H,7-9H2,1-2H3,(H,14,16). The molecule has 6 heteroatoms. The second-order valence-electron chi connectivity index (χ2n) is 3.89. The number of methoxy groups -OCH3 is 1. The van der Waals surface area contributed by atoms with Crippen LogP contribution in [0, 0.1) is 0 Å². The van der Waals surface area contributed by atoms with E-state index in [4.69, 9.17) is 14.4 Å². The van der Waals surface area contributed by atoms with Crippen LogP contribution in [0.5, 0.6) is 0 Å². The summed E-state index contributed by atoms with van der Waals surface area (Å²) in [5.74, 6) is 0.566.